The molecule has 0 spiro atoms. The number of rotatable bonds is 3. The van der Waals surface area contributed by atoms with Crippen molar-refractivity contribution in [2.45, 2.75) is 43.6 Å². The van der Waals surface area contributed by atoms with Gasteiger partial charge in [0.05, 0.1) is 10.5 Å². The lowest BCUT2D eigenvalue weighted by Gasteiger charge is -2.26. The highest BCUT2D eigenvalue weighted by atomic mass is 79.9. The van der Waals surface area contributed by atoms with Gasteiger partial charge in [-0.15, -0.1) is 0 Å². The van der Waals surface area contributed by atoms with Crippen molar-refractivity contribution < 1.29 is 17.9 Å². The van der Waals surface area contributed by atoms with Gasteiger partial charge in [-0.05, 0) is 59.3 Å². The van der Waals surface area contributed by atoms with E-state index in [9.17, 15) is 13.2 Å². The molecule has 116 valence electrons. The van der Waals surface area contributed by atoms with E-state index in [1.807, 2.05) is 0 Å². The molecule has 2 rings (SSSR count). The third-order valence-corrected chi connectivity index (χ3v) is 5.54. The maximum absolute atomic E-state index is 12.1. The summed E-state index contributed by atoms with van der Waals surface area (Å²) in [6.45, 7) is 2.14. The quantitative estimate of drug-likeness (QED) is 0.822. The van der Waals surface area contributed by atoms with Crippen LogP contribution in [0.1, 0.15) is 43.0 Å². The van der Waals surface area contributed by atoms with Gasteiger partial charge in [0.15, 0.2) is 0 Å². The standard InChI is InChI=1S/C14H18BrNO4S/c1-9-3-2-4-11(7-9)20-14(17)10-5-6-12(15)13(8-10)21(16,18)19/h5-6,8-9,11H,2-4,7H2,1H3,(H2,16,18,19). The fourth-order valence-electron chi connectivity index (χ4n) is 2.55. The average molecular weight is 376 g/mol. The minimum atomic E-state index is -3.89. The van der Waals surface area contributed by atoms with Gasteiger partial charge in [0.1, 0.15) is 6.10 Å². The first-order chi connectivity index (χ1) is 9.77. The fourth-order valence-corrected chi connectivity index (χ4v) is 4.11. The minimum Gasteiger partial charge on any atom is -0.459 e. The van der Waals surface area contributed by atoms with Crippen molar-refractivity contribution in [3.63, 3.8) is 0 Å². The molecule has 5 nitrogen and oxygen atoms in total. The third kappa shape index (κ3) is 4.28. The van der Waals surface area contributed by atoms with E-state index in [-0.39, 0.29) is 16.6 Å². The van der Waals surface area contributed by atoms with E-state index >= 15 is 0 Å². The first-order valence-corrected chi connectivity index (χ1v) is 9.14. The molecular weight excluding hydrogens is 358 g/mol. The summed E-state index contributed by atoms with van der Waals surface area (Å²) in [6.07, 6.45) is 3.81. The lowest BCUT2D eigenvalue weighted by molar-refractivity contribution is 0.0155. The molecule has 2 atom stereocenters. The van der Waals surface area contributed by atoms with E-state index in [0.29, 0.717) is 10.4 Å². The van der Waals surface area contributed by atoms with Crippen LogP contribution in [0.3, 0.4) is 0 Å². The largest absolute Gasteiger partial charge is 0.459 e. The first-order valence-electron chi connectivity index (χ1n) is 6.80. The molecule has 2 N–H and O–H groups in total. The van der Waals surface area contributed by atoms with Crippen LogP contribution in [0.15, 0.2) is 27.6 Å². The van der Waals surface area contributed by atoms with Gasteiger partial charge in [0.25, 0.3) is 0 Å². The summed E-state index contributed by atoms with van der Waals surface area (Å²) >= 11 is 3.11. The maximum atomic E-state index is 12.1. The van der Waals surface area contributed by atoms with Crippen LogP contribution in [0.5, 0.6) is 0 Å². The average Bonchev–Trinajstić information content (AvgIpc) is 2.37. The second-order valence-corrected chi connectivity index (χ2v) is 7.87. The Morgan fingerprint density at radius 1 is 1.38 bits per heavy atom. The number of primary sulfonamides is 1. The van der Waals surface area contributed by atoms with E-state index < -0.39 is 16.0 Å². The Morgan fingerprint density at radius 3 is 2.71 bits per heavy atom. The van der Waals surface area contributed by atoms with Crippen molar-refractivity contribution in [2.24, 2.45) is 11.1 Å². The summed E-state index contributed by atoms with van der Waals surface area (Å²) in [7, 11) is -3.89. The highest BCUT2D eigenvalue weighted by molar-refractivity contribution is 9.10. The number of hydrogen-bond acceptors (Lipinski definition) is 4. The van der Waals surface area contributed by atoms with E-state index in [4.69, 9.17) is 9.88 Å². The van der Waals surface area contributed by atoms with Crippen LogP contribution < -0.4 is 5.14 Å². The molecular formula is C14H18BrNO4S. The molecule has 1 aromatic carbocycles. The summed E-state index contributed by atoms with van der Waals surface area (Å²) < 4.78 is 28.7. The van der Waals surface area contributed by atoms with Crippen LogP contribution in [-0.2, 0) is 14.8 Å². The summed E-state index contributed by atoms with van der Waals surface area (Å²) in [5, 5.41) is 5.12. The second kappa shape index (κ2) is 6.46. The number of nitrogens with two attached hydrogens (primary N) is 1. The Kier molecular flexibility index (Phi) is 5.06. The van der Waals surface area contributed by atoms with Crippen molar-refractivity contribution in [1.82, 2.24) is 0 Å². The number of carbonyl (C=O) groups is 1. The highest BCUT2D eigenvalue weighted by Gasteiger charge is 2.24. The normalized spacial score (nSPS) is 22.8. The van der Waals surface area contributed by atoms with Crippen LogP contribution in [0.25, 0.3) is 0 Å². The molecule has 0 heterocycles. The van der Waals surface area contributed by atoms with E-state index in [1.54, 1.807) is 0 Å². The summed E-state index contributed by atoms with van der Waals surface area (Å²) in [4.78, 5) is 12.0. The van der Waals surface area contributed by atoms with Gasteiger partial charge >= 0.3 is 5.97 Å². The second-order valence-electron chi connectivity index (χ2n) is 5.49. The number of benzene rings is 1. The topological polar surface area (TPSA) is 86.5 Å². The van der Waals surface area contributed by atoms with Crippen LogP contribution in [0.2, 0.25) is 0 Å². The zero-order chi connectivity index (χ0) is 15.6. The minimum absolute atomic E-state index is 0.0946. The molecule has 1 aliphatic rings. The van der Waals surface area contributed by atoms with Crippen LogP contribution >= 0.6 is 15.9 Å². The Labute approximate surface area is 133 Å². The van der Waals surface area contributed by atoms with Gasteiger partial charge in [-0.3, -0.25) is 0 Å². The number of esters is 1. The van der Waals surface area contributed by atoms with Crippen molar-refractivity contribution >= 4 is 31.9 Å². The lowest BCUT2D eigenvalue weighted by atomic mass is 9.89. The molecule has 1 fully saturated rings. The molecule has 0 saturated heterocycles. The van der Waals surface area contributed by atoms with Crippen molar-refractivity contribution in [2.75, 3.05) is 0 Å². The Balaban J connectivity index is 2.16. The van der Waals surface area contributed by atoms with Gasteiger partial charge in [-0.2, -0.15) is 0 Å². The highest BCUT2D eigenvalue weighted by Crippen LogP contribution is 2.27. The molecule has 7 heteroatoms. The first kappa shape index (κ1) is 16.5. The van der Waals surface area contributed by atoms with Gasteiger partial charge < -0.3 is 4.74 Å². The van der Waals surface area contributed by atoms with E-state index in [0.717, 1.165) is 25.7 Å². The predicted octanol–water partition coefficient (Wildman–Crippen LogP) is 2.83. The Bertz CT molecular complexity index is 644. The van der Waals surface area contributed by atoms with Crippen LogP contribution in [-0.4, -0.2) is 20.5 Å². The number of carbonyl (C=O) groups excluding carboxylic acids is 1. The molecule has 0 aliphatic heterocycles. The monoisotopic (exact) mass is 375 g/mol. The SMILES string of the molecule is CC1CCCC(OC(=O)c2ccc(Br)c(S(N)(=O)=O)c2)C1. The third-order valence-electron chi connectivity index (χ3n) is 3.64. The molecule has 1 aromatic rings. The van der Waals surface area contributed by atoms with Gasteiger partial charge in [0, 0.05) is 4.47 Å². The zero-order valence-electron chi connectivity index (χ0n) is 11.7. The summed E-state index contributed by atoms with van der Waals surface area (Å²) in [6, 6.07) is 4.25. The Hall–Kier alpha value is -0.920. The van der Waals surface area contributed by atoms with Crippen molar-refractivity contribution in [3.05, 3.63) is 28.2 Å². The number of hydrogen-bond donors (Lipinski definition) is 1. The molecule has 1 saturated carbocycles. The molecule has 0 amide bonds. The van der Waals surface area contributed by atoms with Crippen molar-refractivity contribution in [1.29, 1.82) is 0 Å². The van der Waals surface area contributed by atoms with Gasteiger partial charge in [-0.1, -0.05) is 13.3 Å². The lowest BCUT2D eigenvalue weighted by Crippen LogP contribution is -2.24. The molecule has 21 heavy (non-hydrogen) atoms. The molecule has 0 bridgehead atoms. The van der Waals surface area contributed by atoms with Gasteiger partial charge in [0.2, 0.25) is 10.0 Å². The van der Waals surface area contributed by atoms with Gasteiger partial charge in [-0.25, -0.2) is 18.4 Å². The zero-order valence-corrected chi connectivity index (χ0v) is 14.1. The summed E-state index contributed by atoms with van der Waals surface area (Å²) in [5.41, 5.74) is 0.195. The maximum Gasteiger partial charge on any atom is 0.338 e. The molecule has 0 radical (unpaired) electrons. The molecule has 1 aliphatic carbocycles. The van der Waals surface area contributed by atoms with Crippen molar-refractivity contribution in [3.8, 4) is 0 Å². The molecule has 0 aromatic heterocycles. The predicted molar refractivity (Wildman–Crippen MR) is 82.4 cm³/mol. The fraction of sp³-hybridized carbons (Fsp3) is 0.500. The smallest absolute Gasteiger partial charge is 0.338 e. The number of halogens is 1. The van der Waals surface area contributed by atoms with E-state index in [2.05, 4.69) is 22.9 Å². The summed E-state index contributed by atoms with van der Waals surface area (Å²) in [5.74, 6) is 0.0351. The Morgan fingerprint density at radius 2 is 2.10 bits per heavy atom. The van der Waals surface area contributed by atoms with E-state index in [1.165, 1.54) is 18.2 Å². The number of ether oxygens (including phenoxy) is 1. The van der Waals surface area contributed by atoms with Crippen LogP contribution in [0.4, 0.5) is 0 Å². The molecule has 2 unspecified atom stereocenters. The number of sulfonamides is 1. The van der Waals surface area contributed by atoms with Crippen LogP contribution in [0, 0.1) is 5.92 Å².